The van der Waals surface area contributed by atoms with Crippen molar-refractivity contribution in [1.82, 2.24) is 14.5 Å². The van der Waals surface area contributed by atoms with Crippen LogP contribution in [0.4, 0.5) is 0 Å². The molecule has 0 spiro atoms. The maximum absolute atomic E-state index is 13.5. The van der Waals surface area contributed by atoms with Crippen molar-refractivity contribution in [2.24, 2.45) is 0 Å². The average Bonchev–Trinajstić information content (AvgIpc) is 2.87. The van der Waals surface area contributed by atoms with Crippen LogP contribution < -0.4 is 14.8 Å². The predicted molar refractivity (Wildman–Crippen MR) is 128 cm³/mol. The first kappa shape index (κ1) is 26.0. The number of carbonyl (C=O) groups excluding carboxylic acids is 1. The minimum Gasteiger partial charge on any atom is -0.493 e. The van der Waals surface area contributed by atoms with Crippen molar-refractivity contribution in [1.29, 1.82) is 0 Å². The van der Waals surface area contributed by atoms with Gasteiger partial charge in [-0.15, -0.1) is 0 Å². The summed E-state index contributed by atoms with van der Waals surface area (Å²) in [4.78, 5) is 15.0. The van der Waals surface area contributed by atoms with Crippen LogP contribution in [-0.4, -0.2) is 83.7 Å². The summed E-state index contributed by atoms with van der Waals surface area (Å²) in [5.41, 5.74) is 0.784. The van der Waals surface area contributed by atoms with E-state index in [0.29, 0.717) is 18.0 Å². The summed E-state index contributed by atoms with van der Waals surface area (Å²) in [5, 5.41) is 2.86. The highest BCUT2D eigenvalue weighted by atomic mass is 32.2. The molecule has 3 rings (SSSR count). The van der Waals surface area contributed by atoms with Crippen molar-refractivity contribution in [3.05, 3.63) is 54.1 Å². The van der Waals surface area contributed by atoms with Crippen LogP contribution in [0.25, 0.3) is 0 Å². The second-order valence-corrected chi connectivity index (χ2v) is 9.87. The lowest BCUT2D eigenvalue weighted by atomic mass is 10.2. The Morgan fingerprint density at radius 2 is 1.76 bits per heavy atom. The van der Waals surface area contributed by atoms with Crippen LogP contribution in [0.2, 0.25) is 0 Å². The molecule has 0 saturated carbocycles. The van der Waals surface area contributed by atoms with Gasteiger partial charge in [-0.3, -0.25) is 9.69 Å². The van der Waals surface area contributed by atoms with Crippen LogP contribution in [0.3, 0.4) is 0 Å². The molecule has 0 bridgehead atoms. The maximum Gasteiger partial charge on any atom is 0.243 e. The smallest absolute Gasteiger partial charge is 0.243 e. The van der Waals surface area contributed by atoms with Crippen molar-refractivity contribution in [3.8, 4) is 11.5 Å². The second-order valence-electron chi connectivity index (χ2n) is 7.93. The lowest BCUT2D eigenvalue weighted by Crippen LogP contribution is -2.41. The third-order valence-corrected chi connectivity index (χ3v) is 7.38. The Labute approximate surface area is 201 Å². The molecule has 2 aromatic carbocycles. The number of nitrogens with one attached hydrogen (secondary N) is 1. The lowest BCUT2D eigenvalue weighted by Gasteiger charge is -2.26. The van der Waals surface area contributed by atoms with E-state index in [9.17, 15) is 13.2 Å². The van der Waals surface area contributed by atoms with Crippen LogP contribution in [-0.2, 0) is 26.1 Å². The van der Waals surface area contributed by atoms with E-state index < -0.39 is 10.0 Å². The molecule has 0 radical (unpaired) electrons. The normalized spacial score (nSPS) is 14.7. The molecule has 1 amide bonds. The Balaban J connectivity index is 1.69. The number of carbonyl (C=O) groups is 1. The molecule has 1 aliphatic rings. The Kier molecular flexibility index (Phi) is 9.70. The summed E-state index contributed by atoms with van der Waals surface area (Å²) < 4.78 is 44.0. The monoisotopic (exact) mass is 491 g/mol. The Morgan fingerprint density at radius 3 is 2.44 bits per heavy atom. The number of nitrogens with zero attached hydrogens (tertiary/aromatic N) is 2. The van der Waals surface area contributed by atoms with Gasteiger partial charge in [0, 0.05) is 32.2 Å². The van der Waals surface area contributed by atoms with Crippen LogP contribution in [0, 0.1) is 0 Å². The zero-order valence-electron chi connectivity index (χ0n) is 19.7. The van der Waals surface area contributed by atoms with Crippen molar-refractivity contribution in [2.75, 3.05) is 60.2 Å². The quantitative estimate of drug-likeness (QED) is 0.452. The highest BCUT2D eigenvalue weighted by Crippen LogP contribution is 2.31. The Bertz CT molecular complexity index is 1030. The molecule has 1 saturated heterocycles. The summed E-state index contributed by atoms with van der Waals surface area (Å²) in [6.07, 6.45) is 0.785. The van der Waals surface area contributed by atoms with Gasteiger partial charge in [0.1, 0.15) is 0 Å². The molecule has 9 nitrogen and oxygen atoms in total. The van der Waals surface area contributed by atoms with Gasteiger partial charge in [-0.05, 0) is 30.7 Å². The summed E-state index contributed by atoms with van der Waals surface area (Å²) in [6.45, 7) is 4.36. The van der Waals surface area contributed by atoms with E-state index in [1.54, 1.807) is 0 Å². The molecule has 1 heterocycles. The fourth-order valence-corrected chi connectivity index (χ4v) is 5.11. The van der Waals surface area contributed by atoms with Gasteiger partial charge in [-0.1, -0.05) is 30.3 Å². The van der Waals surface area contributed by atoms with Crippen molar-refractivity contribution >= 4 is 15.9 Å². The van der Waals surface area contributed by atoms with Gasteiger partial charge in [-0.25, -0.2) is 8.42 Å². The van der Waals surface area contributed by atoms with Gasteiger partial charge in [-0.2, -0.15) is 4.31 Å². The first-order valence-electron chi connectivity index (χ1n) is 11.3. The van der Waals surface area contributed by atoms with E-state index in [4.69, 9.17) is 14.2 Å². The molecule has 0 unspecified atom stereocenters. The van der Waals surface area contributed by atoms with Gasteiger partial charge in [0.2, 0.25) is 15.9 Å². The predicted octanol–water partition coefficient (Wildman–Crippen LogP) is 1.73. The van der Waals surface area contributed by atoms with Gasteiger partial charge in [0.05, 0.1) is 38.9 Å². The van der Waals surface area contributed by atoms with E-state index in [1.165, 1.54) is 36.7 Å². The number of hydrogen-bond acceptors (Lipinski definition) is 7. The lowest BCUT2D eigenvalue weighted by molar-refractivity contribution is -0.121. The largest absolute Gasteiger partial charge is 0.493 e. The minimum absolute atomic E-state index is 0.0289. The number of rotatable bonds is 12. The van der Waals surface area contributed by atoms with Gasteiger partial charge in [0.25, 0.3) is 0 Å². The van der Waals surface area contributed by atoms with Crippen molar-refractivity contribution in [2.45, 2.75) is 17.9 Å². The molecular weight excluding hydrogens is 458 g/mol. The molecule has 1 aliphatic heterocycles. The molecular formula is C24H33N3O6S. The zero-order chi connectivity index (χ0) is 24.4. The number of amides is 1. The Morgan fingerprint density at radius 1 is 1.06 bits per heavy atom. The third kappa shape index (κ3) is 7.17. The molecule has 1 fully saturated rings. The standard InChI is InChI=1S/C24H33N3O6S/c1-31-22-10-9-21(17-23(22)32-2)34(29,30)27(18-20-7-4-3-5-8-20)19-24(28)25-11-6-12-26-13-15-33-16-14-26/h3-5,7-10,17H,6,11-16,18-19H2,1-2H3,(H,25,28). The topological polar surface area (TPSA) is 97.4 Å². The van der Waals surface area contributed by atoms with Crippen molar-refractivity contribution in [3.63, 3.8) is 0 Å². The second kappa shape index (κ2) is 12.7. The number of sulfonamides is 1. The highest BCUT2D eigenvalue weighted by Gasteiger charge is 2.28. The van der Waals surface area contributed by atoms with E-state index >= 15 is 0 Å². The number of hydrogen-bond donors (Lipinski definition) is 1. The number of morpholine rings is 1. The SMILES string of the molecule is COc1ccc(S(=O)(=O)N(CC(=O)NCCCN2CCOCC2)Cc2ccccc2)cc1OC. The van der Waals surface area contributed by atoms with Crippen LogP contribution in [0.1, 0.15) is 12.0 Å². The minimum atomic E-state index is -3.98. The van der Waals surface area contributed by atoms with Crippen LogP contribution >= 0.6 is 0 Å². The Hall–Kier alpha value is -2.66. The fraction of sp³-hybridized carbons (Fsp3) is 0.458. The summed E-state index contributed by atoms with van der Waals surface area (Å²) in [5.74, 6) is 0.381. The van der Waals surface area contributed by atoms with Gasteiger partial charge >= 0.3 is 0 Å². The number of methoxy groups -OCH3 is 2. The summed E-state index contributed by atoms with van der Waals surface area (Å²) in [6, 6.07) is 13.6. The van der Waals surface area contributed by atoms with Crippen molar-refractivity contribution < 1.29 is 27.4 Å². The molecule has 2 aromatic rings. The van der Waals surface area contributed by atoms with Crippen LogP contribution in [0.15, 0.2) is 53.4 Å². The molecule has 0 aromatic heterocycles. The molecule has 10 heteroatoms. The number of ether oxygens (including phenoxy) is 3. The third-order valence-electron chi connectivity index (χ3n) is 5.59. The maximum atomic E-state index is 13.5. The average molecular weight is 492 g/mol. The van der Waals surface area contributed by atoms with E-state index in [0.717, 1.165) is 44.8 Å². The molecule has 186 valence electrons. The van der Waals surface area contributed by atoms with Crippen LogP contribution in [0.5, 0.6) is 11.5 Å². The van der Waals surface area contributed by atoms with E-state index in [-0.39, 0.29) is 23.9 Å². The van der Waals surface area contributed by atoms with E-state index in [2.05, 4.69) is 10.2 Å². The van der Waals surface area contributed by atoms with Gasteiger partial charge < -0.3 is 19.5 Å². The molecule has 0 aliphatic carbocycles. The first-order chi connectivity index (χ1) is 16.4. The zero-order valence-corrected chi connectivity index (χ0v) is 20.6. The molecule has 34 heavy (non-hydrogen) atoms. The summed E-state index contributed by atoms with van der Waals surface area (Å²) in [7, 11) is -1.06. The number of benzene rings is 2. The fourth-order valence-electron chi connectivity index (χ4n) is 3.71. The van der Waals surface area contributed by atoms with Gasteiger partial charge in [0.15, 0.2) is 11.5 Å². The first-order valence-corrected chi connectivity index (χ1v) is 12.7. The van der Waals surface area contributed by atoms with E-state index in [1.807, 2.05) is 30.3 Å². The highest BCUT2D eigenvalue weighted by molar-refractivity contribution is 7.89. The summed E-state index contributed by atoms with van der Waals surface area (Å²) >= 11 is 0. The molecule has 1 N–H and O–H groups in total. The molecule has 0 atom stereocenters.